The first-order valence-corrected chi connectivity index (χ1v) is 9.21. The molecule has 1 aromatic carbocycles. The number of rotatable bonds is 6. The van der Waals surface area contributed by atoms with E-state index in [0.29, 0.717) is 5.56 Å². The average Bonchev–Trinajstić information content (AvgIpc) is 2.69. The van der Waals surface area contributed by atoms with E-state index in [1.807, 2.05) is 0 Å². The lowest BCUT2D eigenvalue weighted by Crippen LogP contribution is -2.71. The van der Waals surface area contributed by atoms with Gasteiger partial charge >= 0.3 is 12.1 Å². The Morgan fingerprint density at radius 2 is 2.00 bits per heavy atom. The van der Waals surface area contributed by atoms with Crippen molar-refractivity contribution in [2.75, 3.05) is 12.4 Å². The normalized spacial score (nSPS) is 22.0. The summed E-state index contributed by atoms with van der Waals surface area (Å²) in [5, 5.41) is 21.4. The number of β-lactam (4-membered cyclic amide) rings is 1. The number of primary amides is 1. The monoisotopic (exact) mass is 407 g/mol. The third kappa shape index (κ3) is 3.66. The Morgan fingerprint density at radius 1 is 1.32 bits per heavy atom. The Bertz CT molecular complexity index is 858. The molecule has 2 unspecified atom stereocenters. The maximum absolute atomic E-state index is 12.5. The Morgan fingerprint density at radius 3 is 2.61 bits per heavy atom. The molecule has 2 aliphatic rings. The molecule has 3 rings (SSSR count). The topological polar surface area (TPSA) is 159 Å². The second-order valence-electron chi connectivity index (χ2n) is 6.07. The largest absolute Gasteiger partial charge is 0.477 e. The van der Waals surface area contributed by atoms with E-state index >= 15 is 0 Å². The van der Waals surface area contributed by atoms with Gasteiger partial charge in [0.05, 0.1) is 0 Å². The van der Waals surface area contributed by atoms with Crippen molar-refractivity contribution in [1.29, 1.82) is 0 Å². The van der Waals surface area contributed by atoms with Gasteiger partial charge < -0.3 is 26.0 Å². The second-order valence-corrected chi connectivity index (χ2v) is 7.18. The van der Waals surface area contributed by atoms with Crippen LogP contribution in [0.25, 0.3) is 0 Å². The van der Waals surface area contributed by atoms with E-state index in [9.17, 15) is 29.4 Å². The Balaban J connectivity index is 1.72. The van der Waals surface area contributed by atoms with Crippen LogP contribution in [-0.2, 0) is 19.1 Å². The van der Waals surface area contributed by atoms with Crippen molar-refractivity contribution < 1.29 is 34.1 Å². The number of carboxylic acids is 1. The zero-order chi connectivity index (χ0) is 20.4. The van der Waals surface area contributed by atoms with Crippen LogP contribution >= 0.6 is 11.8 Å². The minimum atomic E-state index is -1.45. The minimum absolute atomic E-state index is 0.178. The molecule has 0 aliphatic carbocycles. The van der Waals surface area contributed by atoms with Gasteiger partial charge in [0, 0.05) is 11.3 Å². The van der Waals surface area contributed by atoms with Gasteiger partial charge in [-0.1, -0.05) is 30.3 Å². The number of ether oxygens (including phenoxy) is 1. The summed E-state index contributed by atoms with van der Waals surface area (Å²) in [7, 11) is 0. The van der Waals surface area contributed by atoms with Crippen LogP contribution in [0, 0.1) is 0 Å². The summed E-state index contributed by atoms with van der Waals surface area (Å²) in [6.45, 7) is -0.343. The van der Waals surface area contributed by atoms with Crippen LogP contribution in [0.15, 0.2) is 41.6 Å². The first kappa shape index (κ1) is 19.7. The number of aliphatic carboxylic acids is 1. The van der Waals surface area contributed by atoms with Crippen LogP contribution in [0.1, 0.15) is 11.7 Å². The lowest BCUT2D eigenvalue weighted by atomic mass is 10.0. The highest BCUT2D eigenvalue weighted by atomic mass is 32.2. The van der Waals surface area contributed by atoms with Crippen molar-refractivity contribution in [3.05, 3.63) is 47.2 Å². The molecule has 28 heavy (non-hydrogen) atoms. The first-order chi connectivity index (χ1) is 13.3. The van der Waals surface area contributed by atoms with Crippen molar-refractivity contribution in [2.45, 2.75) is 17.5 Å². The van der Waals surface area contributed by atoms with Crippen LogP contribution in [0.5, 0.6) is 0 Å². The van der Waals surface area contributed by atoms with Crippen LogP contribution in [0.2, 0.25) is 0 Å². The number of fused-ring (bicyclic) bond motifs is 1. The second kappa shape index (κ2) is 7.90. The number of thioether (sulfide) groups is 1. The number of carbonyl (C=O) groups is 4. The summed E-state index contributed by atoms with van der Waals surface area (Å²) in [4.78, 5) is 48.2. The van der Waals surface area contributed by atoms with E-state index in [0.717, 1.165) is 4.90 Å². The Hall–Kier alpha value is -3.05. The van der Waals surface area contributed by atoms with Crippen molar-refractivity contribution >= 4 is 35.6 Å². The number of nitrogens with one attached hydrogen (secondary N) is 1. The van der Waals surface area contributed by atoms with E-state index in [-0.39, 0.29) is 23.6 Å². The van der Waals surface area contributed by atoms with Crippen molar-refractivity contribution in [2.24, 2.45) is 5.73 Å². The number of hydrogen-bond donors (Lipinski definition) is 4. The molecular weight excluding hydrogens is 390 g/mol. The number of benzene rings is 1. The zero-order valence-corrected chi connectivity index (χ0v) is 15.2. The Kier molecular flexibility index (Phi) is 5.56. The van der Waals surface area contributed by atoms with Gasteiger partial charge in [-0.05, 0) is 5.56 Å². The van der Waals surface area contributed by atoms with E-state index < -0.39 is 41.4 Å². The van der Waals surface area contributed by atoms with Gasteiger partial charge in [0.2, 0.25) is 0 Å². The number of nitrogens with zero attached hydrogens (tertiary/aromatic N) is 1. The maximum atomic E-state index is 12.5. The van der Waals surface area contributed by atoms with E-state index in [2.05, 4.69) is 10.1 Å². The molecule has 3 amide bonds. The molecule has 1 saturated heterocycles. The summed E-state index contributed by atoms with van der Waals surface area (Å²) in [6, 6.07) is 7.25. The summed E-state index contributed by atoms with van der Waals surface area (Å²) in [5.74, 6) is -2.55. The number of carboxylic acid groups (broad SMARTS) is 1. The molecule has 0 radical (unpaired) electrons. The van der Waals surface area contributed by atoms with Gasteiger partial charge in [-0.3, -0.25) is 14.5 Å². The lowest BCUT2D eigenvalue weighted by molar-refractivity contribution is -0.151. The summed E-state index contributed by atoms with van der Waals surface area (Å²) in [5.41, 5.74) is 5.21. The van der Waals surface area contributed by atoms with Crippen LogP contribution in [-0.4, -0.2) is 62.8 Å². The van der Waals surface area contributed by atoms with E-state index in [1.54, 1.807) is 30.3 Å². The molecule has 2 heterocycles. The zero-order valence-electron chi connectivity index (χ0n) is 14.4. The van der Waals surface area contributed by atoms with E-state index in [4.69, 9.17) is 5.73 Å². The lowest BCUT2D eigenvalue weighted by Gasteiger charge is -2.49. The van der Waals surface area contributed by atoms with Crippen LogP contribution < -0.4 is 11.1 Å². The minimum Gasteiger partial charge on any atom is -0.477 e. The molecule has 11 heteroatoms. The fraction of sp³-hybridized carbons (Fsp3) is 0.294. The van der Waals surface area contributed by atoms with Crippen molar-refractivity contribution in [1.82, 2.24) is 10.2 Å². The molecule has 1 fully saturated rings. The Labute approximate surface area is 163 Å². The summed E-state index contributed by atoms with van der Waals surface area (Å²) >= 11 is 1.21. The van der Waals surface area contributed by atoms with Gasteiger partial charge in [-0.2, -0.15) is 0 Å². The first-order valence-electron chi connectivity index (χ1n) is 8.17. The third-order valence-electron chi connectivity index (χ3n) is 4.30. The number of carbonyl (C=O) groups excluding carboxylic acids is 3. The van der Waals surface area contributed by atoms with Gasteiger partial charge in [0.25, 0.3) is 11.8 Å². The van der Waals surface area contributed by atoms with Gasteiger partial charge in [0.15, 0.2) is 6.10 Å². The highest BCUT2D eigenvalue weighted by Gasteiger charge is 2.54. The SMILES string of the molecule is NC(=O)OCC1=C(C(=O)O)N2C(=O)C(NC(=O)C(O)c3ccccc3)[C@H]2SC1. The number of amides is 3. The smallest absolute Gasteiger partial charge is 0.404 e. The van der Waals surface area contributed by atoms with Gasteiger partial charge in [0.1, 0.15) is 23.7 Å². The van der Waals surface area contributed by atoms with Gasteiger partial charge in [-0.15, -0.1) is 11.8 Å². The number of aliphatic hydroxyl groups is 1. The van der Waals surface area contributed by atoms with Crippen LogP contribution in [0.3, 0.4) is 0 Å². The average molecular weight is 407 g/mol. The van der Waals surface area contributed by atoms with Gasteiger partial charge in [-0.25, -0.2) is 9.59 Å². The van der Waals surface area contributed by atoms with E-state index in [1.165, 1.54) is 11.8 Å². The summed E-state index contributed by atoms with van der Waals surface area (Å²) < 4.78 is 4.64. The fourth-order valence-electron chi connectivity index (χ4n) is 2.97. The van der Waals surface area contributed by atoms with Crippen molar-refractivity contribution in [3.8, 4) is 0 Å². The number of nitrogens with two attached hydrogens (primary N) is 1. The molecular formula is C17H17N3O7S. The predicted octanol–water partition coefficient (Wildman–Crippen LogP) is -0.446. The molecule has 10 nitrogen and oxygen atoms in total. The standard InChI is InChI=1S/C17H17N3O7S/c18-17(26)27-6-9-7-28-15-10(14(23)20(15)11(9)16(24)25)19-13(22)12(21)8-4-2-1-3-5-8/h1-5,10,12,15,21H,6-7H2,(H2,18,26)(H,19,22)(H,24,25)/t10?,12?,15-/m1/s1. The third-order valence-corrected chi connectivity index (χ3v) is 5.64. The molecule has 5 N–H and O–H groups in total. The quantitative estimate of drug-likeness (QED) is 0.462. The molecule has 148 valence electrons. The highest BCUT2D eigenvalue weighted by Crippen LogP contribution is 2.40. The highest BCUT2D eigenvalue weighted by molar-refractivity contribution is 8.00. The van der Waals surface area contributed by atoms with Crippen LogP contribution in [0.4, 0.5) is 4.79 Å². The maximum Gasteiger partial charge on any atom is 0.404 e. The molecule has 0 saturated carbocycles. The van der Waals surface area contributed by atoms with Crippen molar-refractivity contribution in [3.63, 3.8) is 0 Å². The molecule has 2 aliphatic heterocycles. The molecule has 0 bridgehead atoms. The molecule has 0 spiro atoms. The molecule has 3 atom stereocenters. The number of aliphatic hydroxyl groups excluding tert-OH is 1. The predicted molar refractivity (Wildman–Crippen MR) is 96.6 cm³/mol. The molecule has 1 aromatic rings. The molecule has 0 aromatic heterocycles. The number of hydrogen-bond acceptors (Lipinski definition) is 7. The summed E-state index contributed by atoms with van der Waals surface area (Å²) in [6.07, 6.45) is -2.51. The fourth-order valence-corrected chi connectivity index (χ4v) is 4.30.